The topological polar surface area (TPSA) is 84.5 Å². The lowest BCUT2D eigenvalue weighted by atomic mass is 10.1. The Balaban J connectivity index is 2.10. The smallest absolute Gasteiger partial charge is 0.242 e. The first-order chi connectivity index (χ1) is 11.7. The highest BCUT2D eigenvalue weighted by atomic mass is 32.2. The third-order valence-electron chi connectivity index (χ3n) is 3.75. The van der Waals surface area contributed by atoms with Crippen molar-refractivity contribution in [1.29, 1.82) is 0 Å². The molecule has 0 unspecified atom stereocenters. The lowest BCUT2D eigenvalue weighted by molar-refractivity contribution is -0.117. The average molecular weight is 362 g/mol. The van der Waals surface area contributed by atoms with E-state index < -0.39 is 22.0 Å². The third kappa shape index (κ3) is 4.80. The van der Waals surface area contributed by atoms with E-state index in [0.29, 0.717) is 11.4 Å². The number of carbonyl (C=O) groups is 1. The van der Waals surface area contributed by atoms with Crippen molar-refractivity contribution in [3.63, 3.8) is 0 Å². The van der Waals surface area contributed by atoms with Crippen molar-refractivity contribution < 1.29 is 17.9 Å². The molecule has 2 aromatic rings. The van der Waals surface area contributed by atoms with Gasteiger partial charge in [0.1, 0.15) is 5.75 Å². The molecule has 0 aliphatic rings. The Morgan fingerprint density at radius 3 is 2.32 bits per heavy atom. The molecule has 0 aromatic heterocycles. The molecule has 0 saturated heterocycles. The van der Waals surface area contributed by atoms with Crippen LogP contribution in [-0.2, 0) is 14.8 Å². The number of carbonyl (C=O) groups excluding carboxylic acids is 1. The van der Waals surface area contributed by atoms with E-state index in [2.05, 4.69) is 10.0 Å². The highest BCUT2D eigenvalue weighted by Gasteiger charge is 2.22. The van der Waals surface area contributed by atoms with Gasteiger partial charge in [-0.2, -0.15) is 4.72 Å². The number of anilines is 1. The van der Waals surface area contributed by atoms with E-state index in [-0.39, 0.29) is 4.90 Å². The number of nitrogens with one attached hydrogen (secondary N) is 2. The Labute approximate surface area is 148 Å². The van der Waals surface area contributed by atoms with Crippen molar-refractivity contribution >= 4 is 21.6 Å². The summed E-state index contributed by atoms with van der Waals surface area (Å²) in [4.78, 5) is 12.4. The molecule has 0 radical (unpaired) electrons. The van der Waals surface area contributed by atoms with E-state index in [9.17, 15) is 13.2 Å². The quantitative estimate of drug-likeness (QED) is 0.827. The molecule has 1 atom stereocenters. The second kappa shape index (κ2) is 7.67. The second-order valence-corrected chi connectivity index (χ2v) is 7.54. The van der Waals surface area contributed by atoms with Crippen LogP contribution < -0.4 is 14.8 Å². The van der Waals surface area contributed by atoms with Gasteiger partial charge in [0.2, 0.25) is 15.9 Å². The van der Waals surface area contributed by atoms with Crippen LogP contribution >= 0.6 is 0 Å². The zero-order chi connectivity index (χ0) is 18.6. The maximum Gasteiger partial charge on any atom is 0.242 e. The molecule has 2 N–H and O–H groups in total. The zero-order valence-corrected chi connectivity index (χ0v) is 15.5. The predicted octanol–water partition coefficient (Wildman–Crippen LogP) is 2.62. The number of benzene rings is 2. The Bertz CT molecular complexity index is 861. The van der Waals surface area contributed by atoms with E-state index in [0.717, 1.165) is 11.1 Å². The minimum Gasteiger partial charge on any atom is -0.497 e. The van der Waals surface area contributed by atoms with Crippen molar-refractivity contribution in [3.05, 3.63) is 53.6 Å². The minimum absolute atomic E-state index is 0.0692. The van der Waals surface area contributed by atoms with Gasteiger partial charge in [0.25, 0.3) is 0 Å². The highest BCUT2D eigenvalue weighted by molar-refractivity contribution is 7.89. The van der Waals surface area contributed by atoms with Gasteiger partial charge in [-0.25, -0.2) is 8.42 Å². The number of sulfonamides is 1. The lowest BCUT2D eigenvalue weighted by Gasteiger charge is -2.16. The van der Waals surface area contributed by atoms with Gasteiger partial charge >= 0.3 is 0 Å². The van der Waals surface area contributed by atoms with Gasteiger partial charge < -0.3 is 10.1 Å². The molecule has 0 aliphatic heterocycles. The molecular weight excluding hydrogens is 340 g/mol. The van der Waals surface area contributed by atoms with Crippen molar-refractivity contribution in [2.75, 3.05) is 12.4 Å². The van der Waals surface area contributed by atoms with Crippen molar-refractivity contribution in [2.45, 2.75) is 31.7 Å². The molecule has 0 heterocycles. The van der Waals surface area contributed by atoms with Crippen LogP contribution in [0.2, 0.25) is 0 Å². The van der Waals surface area contributed by atoms with E-state index in [1.54, 1.807) is 12.1 Å². The molecule has 0 spiro atoms. The summed E-state index contributed by atoms with van der Waals surface area (Å²) >= 11 is 0. The first-order valence-corrected chi connectivity index (χ1v) is 9.26. The fourth-order valence-electron chi connectivity index (χ4n) is 2.22. The van der Waals surface area contributed by atoms with E-state index in [1.807, 2.05) is 32.0 Å². The first kappa shape index (κ1) is 19.0. The Kier molecular flexibility index (Phi) is 5.81. The van der Waals surface area contributed by atoms with E-state index in [4.69, 9.17) is 4.74 Å². The third-order valence-corrected chi connectivity index (χ3v) is 5.30. The minimum atomic E-state index is -3.81. The summed E-state index contributed by atoms with van der Waals surface area (Å²) in [6, 6.07) is 10.7. The molecule has 0 aliphatic carbocycles. The summed E-state index contributed by atoms with van der Waals surface area (Å²) in [5.41, 5.74) is 2.58. The van der Waals surface area contributed by atoms with Crippen molar-refractivity contribution in [1.82, 2.24) is 4.72 Å². The lowest BCUT2D eigenvalue weighted by Crippen LogP contribution is -2.41. The average Bonchev–Trinajstić information content (AvgIpc) is 2.57. The normalized spacial score (nSPS) is 12.5. The van der Waals surface area contributed by atoms with Crippen LogP contribution in [0.5, 0.6) is 5.75 Å². The largest absolute Gasteiger partial charge is 0.497 e. The van der Waals surface area contributed by atoms with Gasteiger partial charge in [-0.3, -0.25) is 4.79 Å². The SMILES string of the molecule is COc1ccc(S(=O)(=O)N[C@H](C)C(=O)Nc2cc(C)ccc2C)cc1. The van der Waals surface area contributed by atoms with Crippen LogP contribution in [0.25, 0.3) is 0 Å². The fraction of sp³-hybridized carbons (Fsp3) is 0.278. The summed E-state index contributed by atoms with van der Waals surface area (Å²) in [6.45, 7) is 5.30. The number of hydrogen-bond acceptors (Lipinski definition) is 4. The van der Waals surface area contributed by atoms with E-state index in [1.165, 1.54) is 26.2 Å². The van der Waals surface area contributed by atoms with Gasteiger partial charge in [0, 0.05) is 5.69 Å². The molecule has 0 fully saturated rings. The number of aryl methyl sites for hydroxylation is 2. The predicted molar refractivity (Wildman–Crippen MR) is 97.3 cm³/mol. The van der Waals surface area contributed by atoms with Crippen molar-refractivity contribution in [2.24, 2.45) is 0 Å². The summed E-state index contributed by atoms with van der Waals surface area (Å²) in [5, 5.41) is 2.76. The Morgan fingerprint density at radius 2 is 1.72 bits per heavy atom. The van der Waals surface area contributed by atoms with Crippen LogP contribution in [0.3, 0.4) is 0 Å². The number of amides is 1. The van der Waals surface area contributed by atoms with Gasteiger partial charge in [0.05, 0.1) is 18.0 Å². The number of ether oxygens (including phenoxy) is 1. The fourth-order valence-corrected chi connectivity index (χ4v) is 3.42. The molecule has 134 valence electrons. The molecular formula is C18H22N2O4S. The molecule has 2 aromatic carbocycles. The van der Waals surface area contributed by atoms with Crippen LogP contribution in [0.15, 0.2) is 47.4 Å². The molecule has 1 amide bonds. The van der Waals surface area contributed by atoms with Crippen molar-refractivity contribution in [3.8, 4) is 5.75 Å². The molecule has 2 rings (SSSR count). The summed E-state index contributed by atoms with van der Waals surface area (Å²) in [6.07, 6.45) is 0. The first-order valence-electron chi connectivity index (χ1n) is 7.77. The Hall–Kier alpha value is -2.38. The molecule has 0 saturated carbocycles. The number of rotatable bonds is 6. The second-order valence-electron chi connectivity index (χ2n) is 5.83. The molecule has 0 bridgehead atoms. The summed E-state index contributed by atoms with van der Waals surface area (Å²) in [5.74, 6) is 0.130. The Morgan fingerprint density at radius 1 is 1.08 bits per heavy atom. The maximum atomic E-state index is 12.4. The number of hydrogen-bond donors (Lipinski definition) is 2. The van der Waals surface area contributed by atoms with Gasteiger partial charge in [0.15, 0.2) is 0 Å². The standard InChI is InChI=1S/C18H22N2O4S/c1-12-5-6-13(2)17(11-12)19-18(21)14(3)20-25(22,23)16-9-7-15(24-4)8-10-16/h5-11,14,20H,1-4H3,(H,19,21)/t14-/m1/s1. The maximum absolute atomic E-state index is 12.4. The van der Waals surface area contributed by atoms with Crippen LogP contribution in [0.4, 0.5) is 5.69 Å². The number of methoxy groups -OCH3 is 1. The van der Waals surface area contributed by atoms with Crippen LogP contribution in [-0.4, -0.2) is 27.5 Å². The zero-order valence-electron chi connectivity index (χ0n) is 14.7. The van der Waals surface area contributed by atoms with Gasteiger partial charge in [-0.1, -0.05) is 12.1 Å². The summed E-state index contributed by atoms with van der Waals surface area (Å²) < 4.78 is 32.2. The molecule has 25 heavy (non-hydrogen) atoms. The van der Waals surface area contributed by atoms with Gasteiger partial charge in [-0.05, 0) is 62.2 Å². The van der Waals surface area contributed by atoms with Gasteiger partial charge in [-0.15, -0.1) is 0 Å². The monoisotopic (exact) mass is 362 g/mol. The summed E-state index contributed by atoms with van der Waals surface area (Å²) in [7, 11) is -2.31. The highest BCUT2D eigenvalue weighted by Crippen LogP contribution is 2.18. The van der Waals surface area contributed by atoms with Crippen LogP contribution in [0, 0.1) is 13.8 Å². The van der Waals surface area contributed by atoms with Crippen LogP contribution in [0.1, 0.15) is 18.1 Å². The van der Waals surface area contributed by atoms with E-state index >= 15 is 0 Å². The molecule has 7 heteroatoms. The molecule has 6 nitrogen and oxygen atoms in total.